The van der Waals surface area contributed by atoms with Crippen LogP contribution in [0.3, 0.4) is 0 Å². The highest BCUT2D eigenvalue weighted by Crippen LogP contribution is 2.48. The van der Waals surface area contributed by atoms with Gasteiger partial charge in [0.05, 0.1) is 0 Å². The molecule has 154 valence electrons. The fourth-order valence-electron chi connectivity index (χ4n) is 3.65. The molecule has 4 rings (SSSR count). The molecule has 0 bridgehead atoms. The normalized spacial score (nSPS) is 17.7. The smallest absolute Gasteiger partial charge is 0.251 e. The van der Waals surface area contributed by atoms with E-state index in [1.165, 1.54) is 0 Å². The Morgan fingerprint density at radius 1 is 1.10 bits per heavy atom. The molecule has 6 heteroatoms. The number of fused-ring (bicyclic) bond motifs is 1. The van der Waals surface area contributed by atoms with Crippen molar-refractivity contribution in [3.63, 3.8) is 0 Å². The van der Waals surface area contributed by atoms with Crippen LogP contribution in [0, 0.1) is 5.92 Å². The zero-order valence-electron chi connectivity index (χ0n) is 17.3. The van der Waals surface area contributed by atoms with Crippen LogP contribution < -0.4 is 10.6 Å². The van der Waals surface area contributed by atoms with Crippen LogP contribution >= 0.6 is 0 Å². The van der Waals surface area contributed by atoms with Gasteiger partial charge in [-0.25, -0.2) is 0 Å². The Kier molecular flexibility index (Phi) is 5.77. The Hall–Kier alpha value is -3.25. The molecule has 2 amide bonds. The Morgan fingerprint density at radius 3 is 2.80 bits per heavy atom. The van der Waals surface area contributed by atoms with E-state index in [9.17, 15) is 9.59 Å². The second-order valence-corrected chi connectivity index (χ2v) is 8.06. The van der Waals surface area contributed by atoms with Gasteiger partial charge in [0, 0.05) is 48.0 Å². The van der Waals surface area contributed by atoms with Gasteiger partial charge in [-0.1, -0.05) is 18.2 Å². The van der Waals surface area contributed by atoms with Gasteiger partial charge in [-0.3, -0.25) is 14.6 Å². The molecule has 0 unspecified atom stereocenters. The van der Waals surface area contributed by atoms with E-state index in [4.69, 9.17) is 0 Å². The second kappa shape index (κ2) is 8.63. The highest BCUT2D eigenvalue weighted by atomic mass is 16.2. The molecule has 0 aliphatic heterocycles. The van der Waals surface area contributed by atoms with Crippen molar-refractivity contribution in [2.45, 2.75) is 12.3 Å². The SMILES string of the molecule is CN(C)CCNC(=O)c1cccc([C@@H]2C[C@H]2C(=O)Nc2ccc3cnccc3c2)c1. The zero-order valence-corrected chi connectivity index (χ0v) is 17.3. The molecule has 2 N–H and O–H groups in total. The van der Waals surface area contributed by atoms with Crippen LogP contribution in [0.25, 0.3) is 10.8 Å². The predicted molar refractivity (Wildman–Crippen MR) is 119 cm³/mol. The topological polar surface area (TPSA) is 74.3 Å². The molecule has 1 aliphatic carbocycles. The van der Waals surface area contributed by atoms with E-state index in [1.807, 2.05) is 73.7 Å². The zero-order chi connectivity index (χ0) is 21.1. The first-order chi connectivity index (χ1) is 14.5. The van der Waals surface area contributed by atoms with E-state index in [-0.39, 0.29) is 23.7 Å². The lowest BCUT2D eigenvalue weighted by atomic mass is 10.0. The quantitative estimate of drug-likeness (QED) is 0.636. The summed E-state index contributed by atoms with van der Waals surface area (Å²) in [5.74, 6) is 0.0367. The molecule has 2 atom stereocenters. The van der Waals surface area contributed by atoms with Gasteiger partial charge >= 0.3 is 0 Å². The molecular weight excluding hydrogens is 376 g/mol. The number of hydrogen-bond acceptors (Lipinski definition) is 4. The van der Waals surface area contributed by atoms with Crippen molar-refractivity contribution >= 4 is 28.3 Å². The van der Waals surface area contributed by atoms with Crippen molar-refractivity contribution in [2.24, 2.45) is 5.92 Å². The second-order valence-electron chi connectivity index (χ2n) is 8.06. The Balaban J connectivity index is 1.37. The van der Waals surface area contributed by atoms with Crippen LogP contribution in [-0.4, -0.2) is 48.9 Å². The van der Waals surface area contributed by atoms with E-state index in [0.717, 1.165) is 35.0 Å². The molecule has 1 fully saturated rings. The molecule has 30 heavy (non-hydrogen) atoms. The van der Waals surface area contributed by atoms with Crippen molar-refractivity contribution < 1.29 is 9.59 Å². The highest BCUT2D eigenvalue weighted by Gasteiger charge is 2.44. The number of likely N-dealkylation sites (N-methyl/N-ethyl adjacent to an activating group) is 1. The van der Waals surface area contributed by atoms with Crippen molar-refractivity contribution in [3.8, 4) is 0 Å². The molecule has 1 heterocycles. The standard InChI is InChI=1S/C24H26N4O2/c1-28(2)11-10-26-23(29)18-5-3-4-17(12-18)21-14-22(21)24(30)27-20-7-6-19-15-25-9-8-16(19)13-20/h3-9,12-13,15,21-22H,10-11,14H2,1-2H3,(H,26,29)(H,27,30)/t21-,22+/m0/s1. The van der Waals surface area contributed by atoms with E-state index in [0.29, 0.717) is 12.1 Å². The van der Waals surface area contributed by atoms with Crippen molar-refractivity contribution in [2.75, 3.05) is 32.5 Å². The fourth-order valence-corrected chi connectivity index (χ4v) is 3.65. The lowest BCUT2D eigenvalue weighted by Gasteiger charge is -2.11. The summed E-state index contributed by atoms with van der Waals surface area (Å²) in [6, 6.07) is 15.4. The van der Waals surface area contributed by atoms with Gasteiger partial charge in [0.25, 0.3) is 5.91 Å². The van der Waals surface area contributed by atoms with Crippen LogP contribution in [0.1, 0.15) is 28.3 Å². The number of pyridine rings is 1. The third-order valence-electron chi connectivity index (χ3n) is 5.46. The van der Waals surface area contributed by atoms with Gasteiger partial charge < -0.3 is 15.5 Å². The molecule has 3 aromatic rings. The summed E-state index contributed by atoms with van der Waals surface area (Å²) in [6.45, 7) is 1.40. The van der Waals surface area contributed by atoms with Gasteiger partial charge in [0.1, 0.15) is 0 Å². The van der Waals surface area contributed by atoms with Gasteiger partial charge in [-0.15, -0.1) is 0 Å². The Labute approximate surface area is 176 Å². The van der Waals surface area contributed by atoms with Crippen molar-refractivity contribution in [1.82, 2.24) is 15.2 Å². The minimum Gasteiger partial charge on any atom is -0.351 e. The number of nitrogens with zero attached hydrogens (tertiary/aromatic N) is 2. The first-order valence-corrected chi connectivity index (χ1v) is 10.2. The summed E-state index contributed by atoms with van der Waals surface area (Å²) in [5, 5.41) is 8.05. The molecule has 1 aromatic heterocycles. The van der Waals surface area contributed by atoms with Crippen LogP contribution in [0.15, 0.2) is 60.9 Å². The number of anilines is 1. The van der Waals surface area contributed by atoms with Crippen LogP contribution in [-0.2, 0) is 4.79 Å². The van der Waals surface area contributed by atoms with E-state index < -0.39 is 0 Å². The Bertz CT molecular complexity index is 1080. The van der Waals surface area contributed by atoms with Gasteiger partial charge in [0.2, 0.25) is 5.91 Å². The molecule has 0 saturated heterocycles. The average molecular weight is 402 g/mol. The van der Waals surface area contributed by atoms with Crippen LogP contribution in [0.5, 0.6) is 0 Å². The van der Waals surface area contributed by atoms with E-state index in [2.05, 4.69) is 15.6 Å². The lowest BCUT2D eigenvalue weighted by Crippen LogP contribution is -2.31. The monoisotopic (exact) mass is 402 g/mol. The minimum absolute atomic E-state index is 0.0224. The molecule has 2 aromatic carbocycles. The summed E-state index contributed by atoms with van der Waals surface area (Å²) < 4.78 is 0. The van der Waals surface area contributed by atoms with E-state index in [1.54, 1.807) is 6.20 Å². The number of hydrogen-bond donors (Lipinski definition) is 2. The molecule has 0 spiro atoms. The number of aromatic nitrogens is 1. The first kappa shape index (κ1) is 20.0. The third-order valence-corrected chi connectivity index (χ3v) is 5.46. The maximum absolute atomic E-state index is 12.7. The number of carbonyl (C=O) groups is 2. The summed E-state index contributed by atoms with van der Waals surface area (Å²) in [7, 11) is 3.94. The number of amides is 2. The number of nitrogens with one attached hydrogen (secondary N) is 2. The lowest BCUT2D eigenvalue weighted by molar-refractivity contribution is -0.117. The summed E-state index contributed by atoms with van der Waals surface area (Å²) in [4.78, 5) is 31.2. The van der Waals surface area contributed by atoms with Gasteiger partial charge in [-0.05, 0) is 67.7 Å². The van der Waals surface area contributed by atoms with E-state index >= 15 is 0 Å². The fraction of sp³-hybridized carbons (Fsp3) is 0.292. The summed E-state index contributed by atoms with van der Waals surface area (Å²) in [5.41, 5.74) is 2.47. The molecule has 1 aliphatic rings. The minimum atomic E-state index is -0.0778. The number of benzene rings is 2. The Morgan fingerprint density at radius 2 is 1.97 bits per heavy atom. The molecule has 6 nitrogen and oxygen atoms in total. The maximum Gasteiger partial charge on any atom is 0.251 e. The molecular formula is C24H26N4O2. The molecule has 1 saturated carbocycles. The maximum atomic E-state index is 12.7. The summed E-state index contributed by atoms with van der Waals surface area (Å²) >= 11 is 0. The van der Waals surface area contributed by atoms with Crippen molar-refractivity contribution in [3.05, 3.63) is 72.1 Å². The highest BCUT2D eigenvalue weighted by molar-refractivity contribution is 5.98. The first-order valence-electron chi connectivity index (χ1n) is 10.2. The largest absolute Gasteiger partial charge is 0.351 e. The average Bonchev–Trinajstić information content (AvgIpc) is 3.55. The van der Waals surface area contributed by atoms with Gasteiger partial charge in [-0.2, -0.15) is 0 Å². The van der Waals surface area contributed by atoms with Gasteiger partial charge in [0.15, 0.2) is 0 Å². The number of carbonyl (C=O) groups excluding carboxylic acids is 2. The van der Waals surface area contributed by atoms with Crippen molar-refractivity contribution in [1.29, 1.82) is 0 Å². The number of rotatable bonds is 7. The predicted octanol–water partition coefficient (Wildman–Crippen LogP) is 3.27. The molecule has 0 radical (unpaired) electrons. The van der Waals surface area contributed by atoms with Crippen LogP contribution in [0.4, 0.5) is 5.69 Å². The third kappa shape index (κ3) is 4.66. The summed E-state index contributed by atoms with van der Waals surface area (Å²) in [6.07, 6.45) is 4.35. The van der Waals surface area contributed by atoms with Crippen LogP contribution in [0.2, 0.25) is 0 Å².